The van der Waals surface area contributed by atoms with Crippen molar-refractivity contribution in [1.29, 1.82) is 0 Å². The van der Waals surface area contributed by atoms with E-state index in [0.717, 1.165) is 11.1 Å². The number of ether oxygens (including phenoxy) is 3. The quantitative estimate of drug-likeness (QED) is 0.854. The molecule has 1 heterocycles. The summed E-state index contributed by atoms with van der Waals surface area (Å²) in [5, 5.41) is 4.72. The Morgan fingerprint density at radius 2 is 2.09 bits per heavy atom. The zero-order valence-electron chi connectivity index (χ0n) is 11.8. The summed E-state index contributed by atoms with van der Waals surface area (Å²) in [4.78, 5) is 11.8. The van der Waals surface area contributed by atoms with Crippen molar-refractivity contribution in [3.05, 3.63) is 18.2 Å². The van der Waals surface area contributed by atoms with Crippen molar-refractivity contribution < 1.29 is 32.2 Å². The van der Waals surface area contributed by atoms with Crippen LogP contribution in [-0.4, -0.2) is 31.9 Å². The predicted molar refractivity (Wildman–Crippen MR) is 71.2 cm³/mol. The maximum Gasteiger partial charge on any atom is 0.573 e. The van der Waals surface area contributed by atoms with Gasteiger partial charge in [-0.25, -0.2) is 4.79 Å². The third kappa shape index (κ3) is 3.60. The Bertz CT molecular complexity index is 589. The molecule has 0 fully saturated rings. The molecule has 0 saturated heterocycles. The van der Waals surface area contributed by atoms with Crippen LogP contribution in [0.3, 0.4) is 0 Å². The van der Waals surface area contributed by atoms with Gasteiger partial charge in [0.2, 0.25) is 0 Å². The number of hydrogen-bond acceptors (Lipinski definition) is 5. The number of benzene rings is 1. The fraction of sp³-hybridized carbons (Fsp3) is 0.385. The molecular weight excluding hydrogens is 305 g/mol. The van der Waals surface area contributed by atoms with E-state index in [-0.39, 0.29) is 11.4 Å². The largest absolute Gasteiger partial charge is 0.573 e. The van der Waals surface area contributed by atoms with Gasteiger partial charge in [0.25, 0.3) is 0 Å². The normalized spacial score (nSPS) is 18.1. The Kier molecular flexibility index (Phi) is 4.43. The van der Waals surface area contributed by atoms with E-state index in [4.69, 9.17) is 9.47 Å². The van der Waals surface area contributed by atoms with E-state index in [1.807, 2.05) is 6.92 Å². The van der Waals surface area contributed by atoms with E-state index in [9.17, 15) is 18.0 Å². The number of amides is 1. The Labute approximate surface area is 124 Å². The monoisotopic (exact) mass is 318 g/mol. The van der Waals surface area contributed by atoms with Crippen LogP contribution in [0.5, 0.6) is 11.5 Å². The minimum atomic E-state index is -4.88. The zero-order chi connectivity index (χ0) is 16.3. The van der Waals surface area contributed by atoms with Gasteiger partial charge in [-0.15, -0.1) is 13.2 Å². The molecule has 1 aliphatic heterocycles. The SMILES string of the molecule is CCC1C=NN(c2ccc(OC)c(OC(F)(F)F)c2)C(=O)O1. The summed E-state index contributed by atoms with van der Waals surface area (Å²) in [6, 6.07) is 3.61. The summed E-state index contributed by atoms with van der Waals surface area (Å²) in [5.74, 6) is -0.699. The molecule has 9 heteroatoms. The number of hydrazone groups is 1. The summed E-state index contributed by atoms with van der Waals surface area (Å²) in [7, 11) is 1.21. The molecular formula is C13H13F3N2O4. The van der Waals surface area contributed by atoms with Crippen molar-refractivity contribution in [2.24, 2.45) is 5.10 Å². The fourth-order valence-electron chi connectivity index (χ4n) is 1.76. The van der Waals surface area contributed by atoms with Crippen LogP contribution in [0.2, 0.25) is 0 Å². The number of nitrogens with zero attached hydrogens (tertiary/aromatic N) is 2. The molecule has 2 rings (SSSR count). The topological polar surface area (TPSA) is 60.4 Å². The number of alkyl halides is 3. The molecule has 0 radical (unpaired) electrons. The fourth-order valence-corrected chi connectivity index (χ4v) is 1.76. The molecule has 0 aliphatic carbocycles. The van der Waals surface area contributed by atoms with Gasteiger partial charge in [0.05, 0.1) is 19.0 Å². The number of anilines is 1. The van der Waals surface area contributed by atoms with Gasteiger partial charge in [0, 0.05) is 6.07 Å². The van der Waals surface area contributed by atoms with E-state index in [0.29, 0.717) is 6.42 Å². The molecule has 0 saturated carbocycles. The lowest BCUT2D eigenvalue weighted by atomic mass is 10.2. The summed E-state index contributed by atoms with van der Waals surface area (Å²) in [6.45, 7) is 1.81. The number of cyclic esters (lactones) is 1. The molecule has 22 heavy (non-hydrogen) atoms. The van der Waals surface area contributed by atoms with Crippen LogP contribution in [-0.2, 0) is 4.74 Å². The van der Waals surface area contributed by atoms with Crippen molar-refractivity contribution in [2.75, 3.05) is 12.1 Å². The first kappa shape index (κ1) is 15.9. The van der Waals surface area contributed by atoms with Gasteiger partial charge >= 0.3 is 12.5 Å². The highest BCUT2D eigenvalue weighted by atomic mass is 19.4. The van der Waals surface area contributed by atoms with Crippen molar-refractivity contribution in [3.63, 3.8) is 0 Å². The second kappa shape index (κ2) is 6.12. The summed E-state index contributed by atoms with van der Waals surface area (Å²) < 4.78 is 50.9. The third-order valence-corrected chi connectivity index (χ3v) is 2.79. The highest BCUT2D eigenvalue weighted by Crippen LogP contribution is 2.36. The van der Waals surface area contributed by atoms with Crippen molar-refractivity contribution in [2.45, 2.75) is 25.8 Å². The predicted octanol–water partition coefficient (Wildman–Crippen LogP) is 3.31. The number of halogens is 3. The van der Waals surface area contributed by atoms with Crippen molar-refractivity contribution in [3.8, 4) is 11.5 Å². The second-order valence-electron chi connectivity index (χ2n) is 4.29. The van der Waals surface area contributed by atoms with Crippen molar-refractivity contribution in [1.82, 2.24) is 0 Å². The molecule has 0 spiro atoms. The molecule has 1 unspecified atom stereocenters. The number of hydrogen-bond donors (Lipinski definition) is 0. The molecule has 0 bridgehead atoms. The van der Waals surface area contributed by atoms with Gasteiger partial charge in [0.1, 0.15) is 6.10 Å². The Morgan fingerprint density at radius 3 is 2.64 bits per heavy atom. The highest BCUT2D eigenvalue weighted by Gasteiger charge is 2.33. The van der Waals surface area contributed by atoms with Crippen LogP contribution in [0.25, 0.3) is 0 Å². The minimum Gasteiger partial charge on any atom is -0.493 e. The first-order valence-corrected chi connectivity index (χ1v) is 6.32. The standard InChI is InChI=1S/C13H13F3N2O4/c1-3-9-7-17-18(12(19)21-9)8-4-5-10(20-2)11(6-8)22-13(14,15)16/h4-7,9H,3H2,1-2H3. The lowest BCUT2D eigenvalue weighted by molar-refractivity contribution is -0.275. The minimum absolute atomic E-state index is 0.0656. The lowest BCUT2D eigenvalue weighted by Crippen LogP contribution is -2.36. The van der Waals surface area contributed by atoms with Crippen LogP contribution in [0.1, 0.15) is 13.3 Å². The van der Waals surface area contributed by atoms with E-state index in [2.05, 4.69) is 9.84 Å². The first-order valence-electron chi connectivity index (χ1n) is 6.32. The van der Waals surface area contributed by atoms with Crippen LogP contribution in [0.15, 0.2) is 23.3 Å². The smallest absolute Gasteiger partial charge is 0.493 e. The molecule has 1 atom stereocenters. The van der Waals surface area contributed by atoms with Gasteiger partial charge in [-0.1, -0.05) is 6.92 Å². The number of rotatable bonds is 4. The molecule has 1 aromatic rings. The molecule has 1 aromatic carbocycles. The molecule has 120 valence electrons. The van der Waals surface area contributed by atoms with Crippen LogP contribution >= 0.6 is 0 Å². The van der Waals surface area contributed by atoms with E-state index < -0.39 is 24.3 Å². The van der Waals surface area contributed by atoms with E-state index in [1.165, 1.54) is 25.5 Å². The third-order valence-electron chi connectivity index (χ3n) is 2.79. The molecule has 1 amide bonds. The first-order chi connectivity index (χ1) is 10.3. The maximum absolute atomic E-state index is 12.4. The molecule has 0 N–H and O–H groups in total. The Balaban J connectivity index is 2.32. The number of methoxy groups -OCH3 is 1. The Hall–Kier alpha value is -2.45. The lowest BCUT2D eigenvalue weighted by Gasteiger charge is -2.25. The van der Waals surface area contributed by atoms with Crippen LogP contribution in [0.4, 0.5) is 23.7 Å². The van der Waals surface area contributed by atoms with Crippen LogP contribution in [0, 0.1) is 0 Å². The molecule has 0 aromatic heterocycles. The average molecular weight is 318 g/mol. The van der Waals surface area contributed by atoms with E-state index >= 15 is 0 Å². The van der Waals surface area contributed by atoms with E-state index in [1.54, 1.807) is 0 Å². The number of carbonyl (C=O) groups is 1. The van der Waals surface area contributed by atoms with Crippen LogP contribution < -0.4 is 14.5 Å². The second-order valence-corrected chi connectivity index (χ2v) is 4.29. The summed E-state index contributed by atoms with van der Waals surface area (Å²) in [6.07, 6.45) is -4.17. The van der Waals surface area contributed by atoms with Gasteiger partial charge in [-0.2, -0.15) is 10.1 Å². The summed E-state index contributed by atoms with van der Waals surface area (Å²) >= 11 is 0. The molecule has 1 aliphatic rings. The summed E-state index contributed by atoms with van der Waals surface area (Å²) in [5.41, 5.74) is 0.0656. The van der Waals surface area contributed by atoms with Gasteiger partial charge < -0.3 is 14.2 Å². The van der Waals surface area contributed by atoms with Gasteiger partial charge in [-0.3, -0.25) is 0 Å². The van der Waals surface area contributed by atoms with Gasteiger partial charge in [0.15, 0.2) is 11.5 Å². The Morgan fingerprint density at radius 1 is 1.36 bits per heavy atom. The highest BCUT2D eigenvalue weighted by molar-refractivity contribution is 5.92. The maximum atomic E-state index is 12.4. The number of carbonyl (C=O) groups excluding carboxylic acids is 1. The zero-order valence-corrected chi connectivity index (χ0v) is 11.8. The van der Waals surface area contributed by atoms with Gasteiger partial charge in [-0.05, 0) is 18.6 Å². The van der Waals surface area contributed by atoms with Crippen molar-refractivity contribution >= 4 is 18.0 Å². The molecule has 6 nitrogen and oxygen atoms in total. The average Bonchev–Trinajstić information content (AvgIpc) is 2.45.